The number of carbonyl (C=O) groups excluding carboxylic acids is 3. The third-order valence-corrected chi connectivity index (χ3v) is 6.90. The molecule has 0 saturated carbocycles. The summed E-state index contributed by atoms with van der Waals surface area (Å²) >= 11 is 0. The number of fused-ring (bicyclic) bond motifs is 1. The van der Waals surface area contributed by atoms with Crippen LogP contribution >= 0.6 is 0 Å². The summed E-state index contributed by atoms with van der Waals surface area (Å²) in [6, 6.07) is 10.9. The van der Waals surface area contributed by atoms with E-state index in [0.29, 0.717) is 18.5 Å². The number of halogens is 1. The van der Waals surface area contributed by atoms with Gasteiger partial charge >= 0.3 is 0 Å². The Morgan fingerprint density at radius 2 is 1.73 bits per heavy atom. The van der Waals surface area contributed by atoms with Crippen molar-refractivity contribution in [1.29, 1.82) is 0 Å². The molecule has 2 aromatic rings. The molecule has 1 heterocycles. The number of hydrogen-bond acceptors (Lipinski definition) is 6. The standard InChI is InChI=1S/C30H42FN5O4/c1-18(2)27-30(39)35-25(15-32)28(37)33-16-19(3)12-22-9-5-6-11-26(22)40-17-20(4)34-24(29(38)36-27)14-21-8-7-10-23(31)13-21/h5-11,13,18-20,24-25,27,34H,12,14-17,32H2,1-4H3,(H,33,37)(H,35,39)(H,36,38)/t19-,20-,24+,25-,27+/m0/s1. The van der Waals surface area contributed by atoms with Gasteiger partial charge in [0.05, 0.1) is 6.04 Å². The molecule has 0 unspecified atom stereocenters. The summed E-state index contributed by atoms with van der Waals surface area (Å²) in [5, 5.41) is 11.7. The Balaban J connectivity index is 1.92. The van der Waals surface area contributed by atoms with E-state index in [2.05, 4.69) is 21.3 Å². The summed E-state index contributed by atoms with van der Waals surface area (Å²) in [5.41, 5.74) is 7.47. The van der Waals surface area contributed by atoms with Crippen LogP contribution < -0.4 is 31.7 Å². The average Bonchev–Trinajstić information content (AvgIpc) is 2.91. The number of nitrogens with two attached hydrogens (primary N) is 1. The molecule has 3 rings (SSSR count). The highest BCUT2D eigenvalue weighted by Crippen LogP contribution is 2.22. The Hall–Kier alpha value is -3.50. The third kappa shape index (κ3) is 9.02. The first-order valence-electron chi connectivity index (χ1n) is 13.9. The predicted molar refractivity (Wildman–Crippen MR) is 152 cm³/mol. The van der Waals surface area contributed by atoms with E-state index in [1.54, 1.807) is 26.0 Å². The van der Waals surface area contributed by atoms with Gasteiger partial charge in [-0.15, -0.1) is 0 Å². The van der Waals surface area contributed by atoms with Gasteiger partial charge in [0, 0.05) is 19.1 Å². The van der Waals surface area contributed by atoms with Gasteiger partial charge in [0.2, 0.25) is 17.7 Å². The van der Waals surface area contributed by atoms with Gasteiger partial charge in [-0.05, 0) is 60.9 Å². The van der Waals surface area contributed by atoms with E-state index in [-0.39, 0.29) is 43.4 Å². The average molecular weight is 556 g/mol. The molecular weight excluding hydrogens is 513 g/mol. The van der Waals surface area contributed by atoms with Crippen LogP contribution in [0.3, 0.4) is 0 Å². The number of rotatable bonds is 4. The van der Waals surface area contributed by atoms with Crippen molar-refractivity contribution in [2.45, 2.75) is 64.7 Å². The first-order chi connectivity index (χ1) is 19.1. The second-order valence-corrected chi connectivity index (χ2v) is 11.0. The minimum Gasteiger partial charge on any atom is -0.492 e. The van der Waals surface area contributed by atoms with Gasteiger partial charge in [-0.1, -0.05) is 51.1 Å². The van der Waals surface area contributed by atoms with Crippen molar-refractivity contribution in [2.24, 2.45) is 17.6 Å². The normalized spacial score (nSPS) is 25.5. The molecule has 0 fully saturated rings. The Bertz CT molecular complexity index is 1160. The van der Waals surface area contributed by atoms with Crippen molar-refractivity contribution in [2.75, 3.05) is 19.7 Å². The predicted octanol–water partition coefficient (Wildman–Crippen LogP) is 1.69. The van der Waals surface area contributed by atoms with E-state index in [9.17, 15) is 18.8 Å². The van der Waals surface area contributed by atoms with Crippen LogP contribution in [0.25, 0.3) is 0 Å². The van der Waals surface area contributed by atoms with Crippen molar-refractivity contribution in [1.82, 2.24) is 21.3 Å². The Labute approximate surface area is 235 Å². The van der Waals surface area contributed by atoms with Crippen LogP contribution in [0.5, 0.6) is 5.75 Å². The van der Waals surface area contributed by atoms with Crippen LogP contribution in [0, 0.1) is 17.7 Å². The molecule has 0 spiro atoms. The Morgan fingerprint density at radius 1 is 0.975 bits per heavy atom. The lowest BCUT2D eigenvalue weighted by atomic mass is 9.99. The zero-order chi connectivity index (χ0) is 29.2. The number of nitrogens with one attached hydrogen (secondary N) is 4. The van der Waals surface area contributed by atoms with Crippen LogP contribution in [0.1, 0.15) is 38.8 Å². The maximum Gasteiger partial charge on any atom is 0.243 e. The van der Waals surface area contributed by atoms with E-state index >= 15 is 0 Å². The molecule has 0 aromatic heterocycles. The minimum atomic E-state index is -0.950. The molecule has 2 aromatic carbocycles. The van der Waals surface area contributed by atoms with Gasteiger partial charge in [-0.25, -0.2) is 4.39 Å². The lowest BCUT2D eigenvalue weighted by Gasteiger charge is -2.29. The first-order valence-corrected chi connectivity index (χ1v) is 13.9. The van der Waals surface area contributed by atoms with E-state index < -0.39 is 35.8 Å². The van der Waals surface area contributed by atoms with Gasteiger partial charge in [-0.3, -0.25) is 19.7 Å². The number of hydrogen-bond donors (Lipinski definition) is 5. The molecule has 40 heavy (non-hydrogen) atoms. The fourth-order valence-corrected chi connectivity index (χ4v) is 4.67. The fourth-order valence-electron chi connectivity index (χ4n) is 4.67. The second kappa shape index (κ2) is 14.8. The second-order valence-electron chi connectivity index (χ2n) is 11.0. The molecule has 0 bridgehead atoms. The number of benzene rings is 2. The van der Waals surface area contributed by atoms with Gasteiger partial charge in [0.15, 0.2) is 0 Å². The van der Waals surface area contributed by atoms with Gasteiger partial charge in [-0.2, -0.15) is 0 Å². The zero-order valence-electron chi connectivity index (χ0n) is 23.7. The molecule has 0 aliphatic carbocycles. The molecule has 3 amide bonds. The van der Waals surface area contributed by atoms with Crippen molar-refractivity contribution in [3.8, 4) is 5.75 Å². The Morgan fingerprint density at radius 3 is 2.42 bits per heavy atom. The van der Waals surface area contributed by atoms with Gasteiger partial charge in [0.25, 0.3) is 0 Å². The van der Waals surface area contributed by atoms with Crippen LogP contribution in [0.4, 0.5) is 4.39 Å². The van der Waals surface area contributed by atoms with Gasteiger partial charge < -0.3 is 26.4 Å². The van der Waals surface area contributed by atoms with Crippen LogP contribution in [0.2, 0.25) is 0 Å². The van der Waals surface area contributed by atoms with Crippen molar-refractivity contribution in [3.05, 3.63) is 65.5 Å². The van der Waals surface area contributed by atoms with Crippen LogP contribution in [-0.2, 0) is 27.2 Å². The number of para-hydroxylation sites is 1. The lowest BCUT2D eigenvalue weighted by Crippen LogP contribution is -2.60. The van der Waals surface area contributed by atoms with E-state index in [4.69, 9.17) is 10.5 Å². The van der Waals surface area contributed by atoms with E-state index in [0.717, 1.165) is 11.3 Å². The smallest absolute Gasteiger partial charge is 0.243 e. The highest BCUT2D eigenvalue weighted by molar-refractivity contribution is 5.93. The summed E-state index contributed by atoms with van der Waals surface area (Å²) in [5.74, 6) is -1.16. The third-order valence-electron chi connectivity index (χ3n) is 6.90. The quantitative estimate of drug-likeness (QED) is 0.390. The SMILES string of the molecule is CC(C)[C@H]1NC(=O)[C@@H](Cc2cccc(F)c2)N[C@@H](C)COc2ccccc2C[C@H](C)CNC(=O)[C@H](CN)NC1=O. The van der Waals surface area contributed by atoms with Gasteiger partial charge in [0.1, 0.15) is 30.3 Å². The number of carbonyl (C=O) groups is 3. The molecule has 1 aliphatic heterocycles. The zero-order valence-corrected chi connectivity index (χ0v) is 23.7. The molecule has 218 valence electrons. The van der Waals surface area contributed by atoms with E-state index in [1.807, 2.05) is 38.1 Å². The number of amides is 3. The molecule has 10 heteroatoms. The maximum atomic E-state index is 13.9. The van der Waals surface area contributed by atoms with E-state index in [1.165, 1.54) is 12.1 Å². The molecule has 0 saturated heterocycles. The summed E-state index contributed by atoms with van der Waals surface area (Å²) in [6.45, 7) is 8.12. The summed E-state index contributed by atoms with van der Waals surface area (Å²) in [4.78, 5) is 39.7. The molecule has 6 N–H and O–H groups in total. The lowest BCUT2D eigenvalue weighted by molar-refractivity contribution is -0.133. The maximum absolute atomic E-state index is 13.9. The molecule has 9 nitrogen and oxygen atoms in total. The van der Waals surface area contributed by atoms with Crippen molar-refractivity contribution in [3.63, 3.8) is 0 Å². The minimum absolute atomic E-state index is 0.0932. The Kier molecular flexibility index (Phi) is 11.5. The summed E-state index contributed by atoms with van der Waals surface area (Å²) in [7, 11) is 0. The summed E-state index contributed by atoms with van der Waals surface area (Å²) < 4.78 is 20.1. The molecule has 1 aliphatic rings. The highest BCUT2D eigenvalue weighted by atomic mass is 19.1. The monoisotopic (exact) mass is 555 g/mol. The molecule has 0 radical (unpaired) electrons. The summed E-state index contributed by atoms with van der Waals surface area (Å²) in [6.07, 6.45) is 0.861. The largest absolute Gasteiger partial charge is 0.492 e. The van der Waals surface area contributed by atoms with Crippen molar-refractivity contribution >= 4 is 17.7 Å². The van der Waals surface area contributed by atoms with Crippen LogP contribution in [-0.4, -0.2) is 61.6 Å². The molecular formula is C30H42FN5O4. The first kappa shape index (κ1) is 31.0. The molecule has 5 atom stereocenters. The fraction of sp³-hybridized carbons (Fsp3) is 0.500. The highest BCUT2D eigenvalue weighted by Gasteiger charge is 2.31. The van der Waals surface area contributed by atoms with Crippen LogP contribution in [0.15, 0.2) is 48.5 Å². The topological polar surface area (TPSA) is 135 Å². The number of ether oxygens (including phenoxy) is 1. The van der Waals surface area contributed by atoms with Crippen molar-refractivity contribution < 1.29 is 23.5 Å².